The fraction of sp³-hybridized carbons (Fsp3) is 0.429. The van der Waals surface area contributed by atoms with Crippen molar-refractivity contribution in [3.8, 4) is 5.75 Å². The minimum Gasteiger partial charge on any atom is -0.508 e. The molecule has 0 aliphatic carbocycles. The third kappa shape index (κ3) is 3.98. The first-order chi connectivity index (χ1) is 8.99. The van der Waals surface area contributed by atoms with E-state index in [0.717, 1.165) is 18.9 Å². The molecule has 104 valence electrons. The van der Waals surface area contributed by atoms with Gasteiger partial charge < -0.3 is 15.1 Å². The second kappa shape index (κ2) is 6.78. The number of benzene rings is 1. The quantitative estimate of drug-likeness (QED) is 0.827. The summed E-state index contributed by atoms with van der Waals surface area (Å²) in [6.07, 6.45) is 1.66. The van der Waals surface area contributed by atoms with E-state index in [0.29, 0.717) is 13.1 Å². The zero-order chi connectivity index (χ0) is 14.4. The third-order valence-electron chi connectivity index (χ3n) is 2.69. The molecule has 0 saturated carbocycles. The number of aromatic carboxylic acids is 1. The lowest BCUT2D eigenvalue weighted by Gasteiger charge is -2.21. The highest BCUT2D eigenvalue weighted by Crippen LogP contribution is 2.18. The van der Waals surface area contributed by atoms with E-state index >= 15 is 0 Å². The van der Waals surface area contributed by atoms with Gasteiger partial charge in [-0.05, 0) is 31.0 Å². The molecule has 0 aliphatic heterocycles. The molecular weight excluding hydrogens is 246 g/mol. The fourth-order valence-electron chi connectivity index (χ4n) is 1.90. The van der Waals surface area contributed by atoms with Crippen LogP contribution in [-0.2, 0) is 0 Å². The fourth-order valence-corrected chi connectivity index (χ4v) is 1.90. The molecule has 0 fully saturated rings. The minimum absolute atomic E-state index is 0.0868. The molecule has 19 heavy (non-hydrogen) atoms. The minimum atomic E-state index is -1.16. The second-order valence-corrected chi connectivity index (χ2v) is 4.37. The molecule has 1 amide bonds. The summed E-state index contributed by atoms with van der Waals surface area (Å²) in [5.41, 5.74) is 0.121. The van der Waals surface area contributed by atoms with E-state index in [2.05, 4.69) is 0 Å². The van der Waals surface area contributed by atoms with Gasteiger partial charge in [-0.25, -0.2) is 4.79 Å². The maximum absolute atomic E-state index is 12.3. The van der Waals surface area contributed by atoms with Gasteiger partial charge in [0.2, 0.25) is 0 Å². The number of rotatable bonds is 6. The molecule has 1 aromatic rings. The van der Waals surface area contributed by atoms with Crippen LogP contribution in [0.5, 0.6) is 5.75 Å². The van der Waals surface area contributed by atoms with Gasteiger partial charge in [0.1, 0.15) is 5.75 Å². The number of hydrogen-bond acceptors (Lipinski definition) is 3. The van der Waals surface area contributed by atoms with Crippen molar-refractivity contribution in [2.24, 2.45) is 0 Å². The molecule has 2 N–H and O–H groups in total. The zero-order valence-electron chi connectivity index (χ0n) is 11.2. The Labute approximate surface area is 112 Å². The number of carboxylic acid groups (broad SMARTS) is 1. The summed E-state index contributed by atoms with van der Waals surface area (Å²) in [5, 5.41) is 18.4. The van der Waals surface area contributed by atoms with Crippen LogP contribution >= 0.6 is 0 Å². The van der Waals surface area contributed by atoms with Gasteiger partial charge in [-0.3, -0.25) is 4.79 Å². The largest absolute Gasteiger partial charge is 0.508 e. The van der Waals surface area contributed by atoms with Crippen LogP contribution in [0.15, 0.2) is 18.2 Å². The maximum atomic E-state index is 12.3. The Balaban J connectivity index is 3.06. The summed E-state index contributed by atoms with van der Waals surface area (Å²) in [5.74, 6) is -1.62. The van der Waals surface area contributed by atoms with Crippen LogP contribution < -0.4 is 0 Å². The van der Waals surface area contributed by atoms with Gasteiger partial charge in [-0.1, -0.05) is 13.8 Å². The van der Waals surface area contributed by atoms with Crippen LogP contribution in [0.1, 0.15) is 47.4 Å². The van der Waals surface area contributed by atoms with Crippen molar-refractivity contribution in [2.75, 3.05) is 13.1 Å². The highest BCUT2D eigenvalue weighted by atomic mass is 16.4. The predicted molar refractivity (Wildman–Crippen MR) is 71.6 cm³/mol. The number of carbonyl (C=O) groups excluding carboxylic acids is 1. The summed E-state index contributed by atoms with van der Waals surface area (Å²) in [6, 6.07) is 3.72. The van der Waals surface area contributed by atoms with E-state index < -0.39 is 5.97 Å². The summed E-state index contributed by atoms with van der Waals surface area (Å²) < 4.78 is 0. The van der Waals surface area contributed by atoms with E-state index in [1.807, 2.05) is 13.8 Å². The molecule has 0 unspecified atom stereocenters. The summed E-state index contributed by atoms with van der Waals surface area (Å²) in [4.78, 5) is 24.9. The maximum Gasteiger partial charge on any atom is 0.335 e. The first-order valence-electron chi connectivity index (χ1n) is 6.36. The van der Waals surface area contributed by atoms with Crippen LogP contribution in [-0.4, -0.2) is 40.1 Å². The summed E-state index contributed by atoms with van der Waals surface area (Å²) in [6.45, 7) is 5.18. The molecule has 5 heteroatoms. The molecule has 1 rings (SSSR count). The normalized spacial score (nSPS) is 10.2. The average molecular weight is 265 g/mol. The number of hydrogen-bond donors (Lipinski definition) is 2. The first kappa shape index (κ1) is 15.0. The smallest absolute Gasteiger partial charge is 0.335 e. The molecule has 0 heterocycles. The van der Waals surface area contributed by atoms with Crippen molar-refractivity contribution in [3.05, 3.63) is 29.3 Å². The Hall–Kier alpha value is -2.04. The third-order valence-corrected chi connectivity index (χ3v) is 2.69. The zero-order valence-corrected chi connectivity index (χ0v) is 11.2. The Morgan fingerprint density at radius 2 is 1.58 bits per heavy atom. The number of aromatic hydroxyl groups is 1. The molecule has 0 atom stereocenters. The number of carbonyl (C=O) groups is 2. The van der Waals surface area contributed by atoms with Crippen molar-refractivity contribution in [1.29, 1.82) is 0 Å². The van der Waals surface area contributed by atoms with Crippen LogP contribution in [0.4, 0.5) is 0 Å². The van der Waals surface area contributed by atoms with E-state index in [1.165, 1.54) is 12.1 Å². The molecular formula is C14H19NO4. The number of phenolic OH excluding ortho intramolecular Hbond substituents is 1. The molecule has 0 aromatic heterocycles. The van der Waals surface area contributed by atoms with Gasteiger partial charge in [-0.15, -0.1) is 0 Å². The van der Waals surface area contributed by atoms with Crippen molar-refractivity contribution < 1.29 is 19.8 Å². The van der Waals surface area contributed by atoms with Crippen molar-refractivity contribution in [1.82, 2.24) is 4.90 Å². The van der Waals surface area contributed by atoms with Crippen molar-refractivity contribution in [3.63, 3.8) is 0 Å². The molecule has 0 radical (unpaired) electrons. The van der Waals surface area contributed by atoms with Gasteiger partial charge >= 0.3 is 5.97 Å². The van der Waals surface area contributed by atoms with Crippen molar-refractivity contribution >= 4 is 11.9 Å². The Morgan fingerprint density at radius 1 is 1.05 bits per heavy atom. The lowest BCUT2D eigenvalue weighted by molar-refractivity contribution is 0.0696. The molecule has 0 saturated heterocycles. The summed E-state index contributed by atoms with van der Waals surface area (Å²) >= 11 is 0. The molecule has 0 spiro atoms. The monoisotopic (exact) mass is 265 g/mol. The Kier molecular flexibility index (Phi) is 5.36. The molecule has 5 nitrogen and oxygen atoms in total. The number of carboxylic acids is 1. The van der Waals surface area contributed by atoms with Crippen LogP contribution in [0, 0.1) is 0 Å². The van der Waals surface area contributed by atoms with Gasteiger partial charge in [0.05, 0.1) is 5.56 Å². The molecule has 1 aromatic carbocycles. The van der Waals surface area contributed by atoms with Gasteiger partial charge in [0.15, 0.2) is 0 Å². The standard InChI is InChI=1S/C14H19NO4/c1-3-5-15(6-4-2)13(17)10-7-11(14(18)19)9-12(16)8-10/h7-9,16H,3-6H2,1-2H3,(H,18,19). The lowest BCUT2D eigenvalue weighted by atomic mass is 10.1. The van der Waals surface area contributed by atoms with Gasteiger partial charge in [0, 0.05) is 18.7 Å². The van der Waals surface area contributed by atoms with Crippen LogP contribution in [0.3, 0.4) is 0 Å². The van der Waals surface area contributed by atoms with E-state index in [1.54, 1.807) is 4.90 Å². The van der Waals surface area contributed by atoms with Crippen LogP contribution in [0.2, 0.25) is 0 Å². The Morgan fingerprint density at radius 3 is 2.05 bits per heavy atom. The first-order valence-corrected chi connectivity index (χ1v) is 6.36. The van der Waals surface area contributed by atoms with E-state index in [-0.39, 0.29) is 22.8 Å². The topological polar surface area (TPSA) is 77.8 Å². The summed E-state index contributed by atoms with van der Waals surface area (Å²) in [7, 11) is 0. The Bertz CT molecular complexity index is 465. The highest BCUT2D eigenvalue weighted by Gasteiger charge is 2.17. The highest BCUT2D eigenvalue weighted by molar-refractivity contribution is 5.98. The SMILES string of the molecule is CCCN(CCC)C(=O)c1cc(O)cc(C(=O)O)c1. The molecule has 0 bridgehead atoms. The number of phenols is 1. The molecule has 0 aliphatic rings. The average Bonchev–Trinajstić information content (AvgIpc) is 2.37. The van der Waals surface area contributed by atoms with Crippen molar-refractivity contribution in [2.45, 2.75) is 26.7 Å². The van der Waals surface area contributed by atoms with E-state index in [9.17, 15) is 14.7 Å². The van der Waals surface area contributed by atoms with Gasteiger partial charge in [-0.2, -0.15) is 0 Å². The second-order valence-electron chi connectivity index (χ2n) is 4.37. The predicted octanol–water partition coefficient (Wildman–Crippen LogP) is 2.35. The lowest BCUT2D eigenvalue weighted by Crippen LogP contribution is -2.32. The number of amides is 1. The van der Waals surface area contributed by atoms with Crippen LogP contribution in [0.25, 0.3) is 0 Å². The van der Waals surface area contributed by atoms with E-state index in [4.69, 9.17) is 5.11 Å². The number of nitrogens with zero attached hydrogens (tertiary/aromatic N) is 1. The van der Waals surface area contributed by atoms with Gasteiger partial charge in [0.25, 0.3) is 5.91 Å².